The van der Waals surface area contributed by atoms with Gasteiger partial charge in [0.1, 0.15) is 0 Å². The molecule has 2 aromatic rings. The van der Waals surface area contributed by atoms with Gasteiger partial charge >= 0.3 is 0 Å². The average molecular weight is 438 g/mol. The third-order valence-electron chi connectivity index (χ3n) is 6.52. The van der Waals surface area contributed by atoms with Crippen molar-refractivity contribution in [2.75, 3.05) is 20.8 Å². The number of amides is 1. The molecule has 0 spiro atoms. The number of carbonyl (C=O) groups excluding carboxylic acids is 1. The third-order valence-corrected chi connectivity index (χ3v) is 6.52. The Morgan fingerprint density at radius 2 is 1.75 bits per heavy atom. The van der Waals surface area contributed by atoms with Crippen LogP contribution in [0.3, 0.4) is 0 Å². The zero-order chi connectivity index (χ0) is 22.7. The summed E-state index contributed by atoms with van der Waals surface area (Å²) in [7, 11) is 3.31. The summed E-state index contributed by atoms with van der Waals surface area (Å²) in [5.41, 5.74) is 3.91. The van der Waals surface area contributed by atoms with Crippen molar-refractivity contribution < 1.29 is 14.3 Å². The quantitative estimate of drug-likeness (QED) is 0.665. The first kappa shape index (κ1) is 22.6. The van der Waals surface area contributed by atoms with Crippen LogP contribution in [0.2, 0.25) is 0 Å². The molecule has 1 amide bonds. The predicted octanol–water partition coefficient (Wildman–Crippen LogP) is 2.93. The van der Waals surface area contributed by atoms with Crippen molar-refractivity contribution >= 4 is 5.91 Å². The van der Waals surface area contributed by atoms with E-state index < -0.39 is 0 Å². The molecule has 0 saturated carbocycles. The van der Waals surface area contributed by atoms with E-state index in [1.54, 1.807) is 14.2 Å². The van der Waals surface area contributed by atoms with Gasteiger partial charge in [-0.3, -0.25) is 9.69 Å². The van der Waals surface area contributed by atoms with Crippen molar-refractivity contribution in [2.45, 2.75) is 63.8 Å². The first-order valence-electron chi connectivity index (χ1n) is 11.6. The van der Waals surface area contributed by atoms with E-state index in [1.165, 1.54) is 11.1 Å². The Kier molecular flexibility index (Phi) is 7.01. The van der Waals surface area contributed by atoms with Gasteiger partial charge in [0.25, 0.3) is 0 Å². The highest BCUT2D eigenvalue weighted by Crippen LogP contribution is 2.33. The fourth-order valence-corrected chi connectivity index (χ4v) is 5.16. The first-order valence-corrected chi connectivity index (χ1v) is 11.6. The number of para-hydroxylation sites is 1. The average Bonchev–Trinajstić information content (AvgIpc) is 3.36. The number of carbonyl (C=O) groups is 1. The van der Waals surface area contributed by atoms with Crippen molar-refractivity contribution in [1.82, 2.24) is 15.5 Å². The van der Waals surface area contributed by atoms with Crippen LogP contribution < -0.4 is 20.1 Å². The van der Waals surface area contributed by atoms with Crippen LogP contribution in [0.15, 0.2) is 42.5 Å². The smallest absolute Gasteiger partial charge is 0.237 e. The largest absolute Gasteiger partial charge is 0.493 e. The van der Waals surface area contributed by atoms with Crippen molar-refractivity contribution in [2.24, 2.45) is 0 Å². The maximum absolute atomic E-state index is 13.1. The molecule has 1 saturated heterocycles. The summed E-state index contributed by atoms with van der Waals surface area (Å²) in [6, 6.07) is 15.3. The SMILES string of the molecule is COc1cccc(CN2C[C@@H](NC3Cc4ccccc4C3)C[C@H]2C(=O)NC(C)C)c1OC. The highest BCUT2D eigenvalue weighted by Gasteiger charge is 2.38. The Morgan fingerprint density at radius 3 is 2.38 bits per heavy atom. The van der Waals surface area contributed by atoms with E-state index in [-0.39, 0.29) is 24.0 Å². The molecule has 0 radical (unpaired) electrons. The van der Waals surface area contributed by atoms with Crippen LogP contribution in [0.5, 0.6) is 11.5 Å². The number of likely N-dealkylation sites (tertiary alicyclic amines) is 1. The van der Waals surface area contributed by atoms with E-state index in [0.29, 0.717) is 18.3 Å². The van der Waals surface area contributed by atoms with Gasteiger partial charge in [0, 0.05) is 36.8 Å². The zero-order valence-electron chi connectivity index (χ0n) is 19.6. The number of nitrogens with one attached hydrogen (secondary N) is 2. The van der Waals surface area contributed by atoms with Gasteiger partial charge in [-0.25, -0.2) is 0 Å². The number of benzene rings is 2. The lowest BCUT2D eigenvalue weighted by molar-refractivity contribution is -0.126. The lowest BCUT2D eigenvalue weighted by Crippen LogP contribution is -2.45. The molecule has 2 aromatic carbocycles. The molecule has 4 rings (SSSR count). The third kappa shape index (κ3) is 4.92. The minimum Gasteiger partial charge on any atom is -0.493 e. The van der Waals surface area contributed by atoms with Crippen molar-refractivity contribution in [3.05, 3.63) is 59.2 Å². The molecule has 32 heavy (non-hydrogen) atoms. The molecule has 6 nitrogen and oxygen atoms in total. The second kappa shape index (κ2) is 9.92. The van der Waals surface area contributed by atoms with Crippen LogP contribution in [0.4, 0.5) is 0 Å². The number of fused-ring (bicyclic) bond motifs is 1. The molecule has 2 N–H and O–H groups in total. The summed E-state index contributed by atoms with van der Waals surface area (Å²) in [4.78, 5) is 15.3. The summed E-state index contributed by atoms with van der Waals surface area (Å²) in [6.45, 7) is 5.48. The Morgan fingerprint density at radius 1 is 1.03 bits per heavy atom. The van der Waals surface area contributed by atoms with E-state index in [9.17, 15) is 4.79 Å². The minimum absolute atomic E-state index is 0.0980. The van der Waals surface area contributed by atoms with E-state index in [4.69, 9.17) is 9.47 Å². The van der Waals surface area contributed by atoms with Crippen LogP contribution >= 0.6 is 0 Å². The van der Waals surface area contributed by atoms with Crippen LogP contribution in [-0.4, -0.2) is 55.7 Å². The summed E-state index contributed by atoms with van der Waals surface area (Å²) in [5, 5.41) is 6.97. The second-order valence-corrected chi connectivity index (χ2v) is 9.23. The highest BCUT2D eigenvalue weighted by atomic mass is 16.5. The number of rotatable bonds is 8. The second-order valence-electron chi connectivity index (χ2n) is 9.23. The Hall–Kier alpha value is -2.57. The fraction of sp³-hybridized carbons (Fsp3) is 0.500. The summed E-state index contributed by atoms with van der Waals surface area (Å²) in [5.74, 6) is 1.55. The molecule has 0 bridgehead atoms. The van der Waals surface area contributed by atoms with Gasteiger partial charge in [-0.15, -0.1) is 0 Å². The van der Waals surface area contributed by atoms with Crippen molar-refractivity contribution in [1.29, 1.82) is 0 Å². The van der Waals surface area contributed by atoms with E-state index in [1.807, 2.05) is 32.0 Å². The van der Waals surface area contributed by atoms with Gasteiger partial charge in [0.05, 0.1) is 20.3 Å². The van der Waals surface area contributed by atoms with Gasteiger partial charge in [0.15, 0.2) is 11.5 Å². The lowest BCUT2D eigenvalue weighted by atomic mass is 10.1. The number of hydrogen-bond acceptors (Lipinski definition) is 5. The van der Waals surface area contributed by atoms with Crippen LogP contribution in [0, 0.1) is 0 Å². The molecular formula is C26H35N3O3. The highest BCUT2D eigenvalue weighted by molar-refractivity contribution is 5.82. The minimum atomic E-state index is -0.172. The summed E-state index contributed by atoms with van der Waals surface area (Å²) < 4.78 is 11.1. The molecule has 1 heterocycles. The van der Waals surface area contributed by atoms with Crippen LogP contribution in [0.25, 0.3) is 0 Å². The van der Waals surface area contributed by atoms with E-state index >= 15 is 0 Å². The van der Waals surface area contributed by atoms with Gasteiger partial charge in [-0.05, 0) is 50.3 Å². The molecule has 1 fully saturated rings. The normalized spacial score (nSPS) is 21.0. The monoisotopic (exact) mass is 437 g/mol. The number of methoxy groups -OCH3 is 2. The molecule has 0 unspecified atom stereocenters. The molecule has 172 valence electrons. The molecule has 2 atom stereocenters. The number of nitrogens with zero attached hydrogens (tertiary/aromatic N) is 1. The number of ether oxygens (including phenoxy) is 2. The molecule has 2 aliphatic rings. The molecule has 1 aliphatic heterocycles. The van der Waals surface area contributed by atoms with Crippen molar-refractivity contribution in [3.8, 4) is 11.5 Å². The molecule has 0 aromatic heterocycles. The maximum Gasteiger partial charge on any atom is 0.237 e. The zero-order valence-corrected chi connectivity index (χ0v) is 19.6. The van der Waals surface area contributed by atoms with Crippen LogP contribution in [0.1, 0.15) is 37.0 Å². The molecule has 1 aliphatic carbocycles. The van der Waals surface area contributed by atoms with Gasteiger partial charge in [0.2, 0.25) is 5.91 Å². The Bertz CT molecular complexity index is 921. The van der Waals surface area contributed by atoms with E-state index in [2.05, 4.69) is 39.8 Å². The first-order chi connectivity index (χ1) is 15.5. The topological polar surface area (TPSA) is 62.8 Å². The summed E-state index contributed by atoms with van der Waals surface area (Å²) >= 11 is 0. The lowest BCUT2D eigenvalue weighted by Gasteiger charge is -2.25. The van der Waals surface area contributed by atoms with Gasteiger partial charge < -0.3 is 20.1 Å². The van der Waals surface area contributed by atoms with E-state index in [0.717, 1.165) is 37.1 Å². The van der Waals surface area contributed by atoms with Gasteiger partial charge in [-0.1, -0.05) is 36.4 Å². The maximum atomic E-state index is 13.1. The number of hydrogen-bond donors (Lipinski definition) is 2. The molecule has 6 heteroatoms. The predicted molar refractivity (Wildman–Crippen MR) is 126 cm³/mol. The Balaban J connectivity index is 1.49. The van der Waals surface area contributed by atoms with Crippen LogP contribution in [-0.2, 0) is 24.2 Å². The van der Waals surface area contributed by atoms with Crippen molar-refractivity contribution in [3.63, 3.8) is 0 Å². The summed E-state index contributed by atoms with van der Waals surface area (Å²) in [6.07, 6.45) is 2.91. The van der Waals surface area contributed by atoms with Gasteiger partial charge in [-0.2, -0.15) is 0 Å². The fourth-order valence-electron chi connectivity index (χ4n) is 5.16. The Labute approximate surface area is 191 Å². The molecular weight excluding hydrogens is 402 g/mol. The standard InChI is InChI=1S/C26H35N3O3/c1-17(2)27-26(30)23-14-22(28-21-12-18-8-5-6-9-19(18)13-21)16-29(23)15-20-10-7-11-24(31-3)25(20)32-4/h5-11,17,21-23,28H,12-16H2,1-4H3,(H,27,30)/t22-,23-/m0/s1.